The maximum absolute atomic E-state index is 12.8. The molecule has 150 valence electrons. The molecular formula is C20H13F3N6S. The normalized spacial score (nSPS) is 12.0. The molecule has 0 spiro atoms. The summed E-state index contributed by atoms with van der Waals surface area (Å²) in [5.74, 6) is 0.384. The van der Waals surface area contributed by atoms with E-state index in [1.165, 1.54) is 23.5 Å². The van der Waals surface area contributed by atoms with Crippen LogP contribution in [0.3, 0.4) is 0 Å². The van der Waals surface area contributed by atoms with Crippen LogP contribution < -0.4 is 0 Å². The van der Waals surface area contributed by atoms with Gasteiger partial charge in [-0.3, -0.25) is 0 Å². The summed E-state index contributed by atoms with van der Waals surface area (Å²) in [6.07, 6.45) is -2.64. The molecule has 0 aliphatic heterocycles. The van der Waals surface area contributed by atoms with Crippen LogP contribution in [0, 0.1) is 6.92 Å². The minimum absolute atomic E-state index is 0.384. The number of aromatic nitrogens is 6. The first kappa shape index (κ1) is 18.5. The Hall–Kier alpha value is -3.53. The zero-order valence-corrected chi connectivity index (χ0v) is 16.3. The van der Waals surface area contributed by atoms with Gasteiger partial charge in [-0.1, -0.05) is 41.7 Å². The van der Waals surface area contributed by atoms with E-state index in [-0.39, 0.29) is 0 Å². The molecule has 2 aromatic carbocycles. The fourth-order valence-corrected chi connectivity index (χ4v) is 4.06. The van der Waals surface area contributed by atoms with E-state index in [2.05, 4.69) is 20.4 Å². The molecule has 0 fully saturated rings. The quantitative estimate of drug-likeness (QED) is 0.406. The van der Waals surface area contributed by atoms with E-state index in [1.807, 2.05) is 41.9 Å². The number of hydrogen-bond donors (Lipinski definition) is 0. The second-order valence-electron chi connectivity index (χ2n) is 6.59. The zero-order valence-electron chi connectivity index (χ0n) is 15.5. The molecule has 0 aliphatic carbocycles. The van der Waals surface area contributed by atoms with Crippen LogP contribution in [0.2, 0.25) is 0 Å². The van der Waals surface area contributed by atoms with Gasteiger partial charge in [0.05, 0.1) is 28.7 Å². The molecule has 10 heteroatoms. The van der Waals surface area contributed by atoms with Crippen LogP contribution in [0.15, 0.2) is 60.8 Å². The zero-order chi connectivity index (χ0) is 20.9. The molecule has 5 aromatic rings. The smallest absolute Gasteiger partial charge is 0.237 e. The molecule has 0 N–H and O–H groups in total. The maximum Gasteiger partial charge on any atom is 0.416 e. The van der Waals surface area contributed by atoms with Crippen molar-refractivity contribution in [2.24, 2.45) is 0 Å². The molecule has 0 unspecified atom stereocenters. The van der Waals surface area contributed by atoms with E-state index in [9.17, 15) is 13.2 Å². The highest BCUT2D eigenvalue weighted by atomic mass is 32.1. The average Bonchev–Trinajstić information content (AvgIpc) is 3.42. The monoisotopic (exact) mass is 426 g/mol. The first-order chi connectivity index (χ1) is 14.4. The molecule has 3 aromatic heterocycles. The van der Waals surface area contributed by atoms with Crippen molar-refractivity contribution in [2.45, 2.75) is 13.1 Å². The van der Waals surface area contributed by atoms with Gasteiger partial charge in [0.2, 0.25) is 4.96 Å². The van der Waals surface area contributed by atoms with Gasteiger partial charge in [0.25, 0.3) is 0 Å². The van der Waals surface area contributed by atoms with Gasteiger partial charge in [-0.2, -0.15) is 27.9 Å². The SMILES string of the molecule is Cc1c(-c2nn3c(-c4ccc(C(F)(F)F)cc4)nnc3s2)cnn1-c1ccccc1. The molecule has 5 rings (SSSR count). The number of rotatable bonds is 3. The molecule has 6 nitrogen and oxygen atoms in total. The Morgan fingerprint density at radius 3 is 2.37 bits per heavy atom. The van der Waals surface area contributed by atoms with Crippen LogP contribution in [0.1, 0.15) is 11.3 Å². The molecule has 0 radical (unpaired) electrons. The fourth-order valence-electron chi connectivity index (χ4n) is 3.16. The standard InChI is InChI=1S/C20H13F3N6S/c1-12-16(11-24-28(12)15-5-3-2-4-6-15)18-27-29-17(25-26-19(29)30-18)13-7-9-14(10-8-13)20(21,22)23/h2-11H,1H3. The molecule has 0 atom stereocenters. The Morgan fingerprint density at radius 2 is 1.67 bits per heavy atom. The number of fused-ring (bicyclic) bond motifs is 1. The summed E-state index contributed by atoms with van der Waals surface area (Å²) < 4.78 is 41.8. The van der Waals surface area contributed by atoms with E-state index in [4.69, 9.17) is 0 Å². The molecule has 30 heavy (non-hydrogen) atoms. The Morgan fingerprint density at radius 1 is 0.933 bits per heavy atom. The van der Waals surface area contributed by atoms with Gasteiger partial charge >= 0.3 is 6.18 Å². The number of hydrogen-bond acceptors (Lipinski definition) is 5. The lowest BCUT2D eigenvalue weighted by atomic mass is 10.1. The second kappa shape index (κ2) is 6.77. The van der Waals surface area contributed by atoms with Crippen molar-refractivity contribution in [1.82, 2.24) is 29.6 Å². The van der Waals surface area contributed by atoms with Gasteiger partial charge in [0.15, 0.2) is 10.8 Å². The lowest BCUT2D eigenvalue weighted by Crippen LogP contribution is -2.04. The summed E-state index contributed by atoms with van der Waals surface area (Å²) in [7, 11) is 0. The van der Waals surface area contributed by atoms with Crippen LogP contribution in [-0.2, 0) is 6.18 Å². The predicted molar refractivity (Wildman–Crippen MR) is 106 cm³/mol. The summed E-state index contributed by atoms with van der Waals surface area (Å²) in [6, 6.07) is 14.5. The number of para-hydroxylation sites is 1. The molecule has 0 aliphatic rings. The fraction of sp³-hybridized carbons (Fsp3) is 0.100. The maximum atomic E-state index is 12.8. The largest absolute Gasteiger partial charge is 0.416 e. The number of alkyl halides is 3. The van der Waals surface area contributed by atoms with Crippen LogP contribution in [0.5, 0.6) is 0 Å². The summed E-state index contributed by atoms with van der Waals surface area (Å²) in [5.41, 5.74) is 2.50. The van der Waals surface area contributed by atoms with E-state index in [1.54, 1.807) is 10.7 Å². The highest BCUT2D eigenvalue weighted by molar-refractivity contribution is 7.19. The van der Waals surface area contributed by atoms with Gasteiger partial charge in [0.1, 0.15) is 0 Å². The topological polar surface area (TPSA) is 60.9 Å². The van der Waals surface area contributed by atoms with Crippen molar-refractivity contribution >= 4 is 16.3 Å². The highest BCUT2D eigenvalue weighted by Crippen LogP contribution is 2.33. The van der Waals surface area contributed by atoms with Gasteiger partial charge in [-0.25, -0.2) is 4.68 Å². The molecule has 3 heterocycles. The Balaban J connectivity index is 1.54. The summed E-state index contributed by atoms with van der Waals surface area (Å²) in [6.45, 7) is 1.95. The highest BCUT2D eigenvalue weighted by Gasteiger charge is 2.30. The second-order valence-corrected chi connectivity index (χ2v) is 7.55. The summed E-state index contributed by atoms with van der Waals surface area (Å²) in [5, 5.41) is 18.0. The minimum atomic E-state index is -4.39. The van der Waals surface area contributed by atoms with Crippen molar-refractivity contribution in [1.29, 1.82) is 0 Å². The average molecular weight is 426 g/mol. The summed E-state index contributed by atoms with van der Waals surface area (Å²) >= 11 is 1.34. The first-order valence-corrected chi connectivity index (χ1v) is 9.74. The van der Waals surface area contributed by atoms with Gasteiger partial charge < -0.3 is 0 Å². The molecule has 0 amide bonds. The van der Waals surface area contributed by atoms with Crippen molar-refractivity contribution < 1.29 is 13.2 Å². The van der Waals surface area contributed by atoms with Gasteiger partial charge in [-0.05, 0) is 31.2 Å². The number of benzene rings is 2. The van der Waals surface area contributed by atoms with E-state index < -0.39 is 11.7 Å². The Bertz CT molecular complexity index is 1330. The summed E-state index contributed by atoms with van der Waals surface area (Å²) in [4.78, 5) is 0.548. The van der Waals surface area contributed by atoms with E-state index in [0.717, 1.165) is 29.1 Å². The third-order valence-electron chi connectivity index (χ3n) is 4.70. The van der Waals surface area contributed by atoms with Crippen molar-refractivity contribution in [3.05, 3.63) is 72.1 Å². The van der Waals surface area contributed by atoms with Crippen LogP contribution in [0.25, 0.3) is 32.6 Å². The first-order valence-electron chi connectivity index (χ1n) is 8.92. The number of nitrogens with zero attached hydrogens (tertiary/aromatic N) is 6. The lowest BCUT2D eigenvalue weighted by Gasteiger charge is -2.06. The predicted octanol–water partition coefficient (Wildman–Crippen LogP) is 5.03. The molecule has 0 saturated carbocycles. The molecule has 0 saturated heterocycles. The Kier molecular flexibility index (Phi) is 4.17. The lowest BCUT2D eigenvalue weighted by molar-refractivity contribution is -0.137. The molecule has 0 bridgehead atoms. The minimum Gasteiger partial charge on any atom is -0.237 e. The van der Waals surface area contributed by atoms with Crippen LogP contribution in [-0.4, -0.2) is 29.6 Å². The van der Waals surface area contributed by atoms with Crippen molar-refractivity contribution in [2.75, 3.05) is 0 Å². The van der Waals surface area contributed by atoms with Gasteiger partial charge in [-0.15, -0.1) is 10.2 Å². The van der Waals surface area contributed by atoms with E-state index >= 15 is 0 Å². The van der Waals surface area contributed by atoms with Gasteiger partial charge in [0, 0.05) is 5.56 Å². The van der Waals surface area contributed by atoms with Crippen molar-refractivity contribution in [3.63, 3.8) is 0 Å². The van der Waals surface area contributed by atoms with Crippen LogP contribution >= 0.6 is 11.3 Å². The van der Waals surface area contributed by atoms with E-state index in [0.29, 0.717) is 21.4 Å². The van der Waals surface area contributed by atoms with Crippen LogP contribution in [0.4, 0.5) is 13.2 Å². The number of halogens is 3. The third-order valence-corrected chi connectivity index (χ3v) is 5.63. The van der Waals surface area contributed by atoms with Crippen molar-refractivity contribution in [3.8, 4) is 27.6 Å². The molecular weight excluding hydrogens is 413 g/mol. The third kappa shape index (κ3) is 3.05. The Labute approximate surface area is 172 Å².